The number of nitrogens with zero attached hydrogens (tertiary/aromatic N) is 2. The Hall–Kier alpha value is -1.39. The molecule has 0 aliphatic heterocycles. The van der Waals surface area contributed by atoms with E-state index in [0.29, 0.717) is 18.7 Å². The van der Waals surface area contributed by atoms with E-state index in [4.69, 9.17) is 5.11 Å². The Morgan fingerprint density at radius 3 is 3.08 bits per heavy atom. The predicted octanol–water partition coefficient (Wildman–Crippen LogP) is 0.870. The van der Waals surface area contributed by atoms with Gasteiger partial charge in [0.1, 0.15) is 0 Å². The van der Waals surface area contributed by atoms with E-state index in [2.05, 4.69) is 5.10 Å². The van der Waals surface area contributed by atoms with Crippen LogP contribution >= 0.6 is 0 Å². The lowest BCUT2D eigenvalue weighted by Crippen LogP contribution is -2.10. The molecule has 0 aliphatic carbocycles. The predicted molar refractivity (Wildman–Crippen MR) is 44.2 cm³/mol. The first-order valence-corrected chi connectivity index (χ1v) is 4.02. The maximum atomic E-state index is 11.8. The van der Waals surface area contributed by atoms with E-state index >= 15 is 0 Å². The number of rotatable bonds is 5. The number of halogens is 1. The molecule has 0 saturated carbocycles. The van der Waals surface area contributed by atoms with E-state index in [-0.39, 0.29) is 6.42 Å². The van der Waals surface area contributed by atoms with Crippen LogP contribution in [0.4, 0.5) is 4.39 Å². The molecule has 1 N–H and O–H groups in total. The zero-order chi connectivity index (χ0) is 9.68. The number of hydrogen-bond acceptors (Lipinski definition) is 2. The second kappa shape index (κ2) is 4.59. The second-order valence-electron chi connectivity index (χ2n) is 2.66. The van der Waals surface area contributed by atoms with Gasteiger partial charge in [0.05, 0.1) is 13.1 Å². The third-order valence-corrected chi connectivity index (χ3v) is 1.64. The van der Waals surface area contributed by atoms with E-state index in [1.54, 1.807) is 6.07 Å². The van der Waals surface area contributed by atoms with Crippen LogP contribution in [0.1, 0.15) is 12.1 Å². The molecule has 0 amide bonds. The summed E-state index contributed by atoms with van der Waals surface area (Å²) in [5, 5.41) is 12.4. The maximum Gasteiger partial charge on any atom is 0.309 e. The molecule has 1 aromatic rings. The Labute approximate surface area is 75.0 Å². The minimum atomic E-state index is -0.901. The Balaban J connectivity index is 2.60. The first-order valence-electron chi connectivity index (χ1n) is 4.02. The van der Waals surface area contributed by atoms with Crippen molar-refractivity contribution in [3.63, 3.8) is 0 Å². The summed E-state index contributed by atoms with van der Waals surface area (Å²) in [6.07, 6.45) is 1.83. The molecule has 0 bridgehead atoms. The van der Waals surface area contributed by atoms with Crippen LogP contribution in [0.15, 0.2) is 12.3 Å². The average Bonchev–Trinajstić information content (AvgIpc) is 2.48. The molecule has 0 aliphatic rings. The topological polar surface area (TPSA) is 55.1 Å². The van der Waals surface area contributed by atoms with Crippen molar-refractivity contribution >= 4 is 5.97 Å². The number of aliphatic carboxylic acids is 1. The molecular formula is C8H11FN2O2. The molecule has 0 unspecified atom stereocenters. The number of aromatic nitrogens is 2. The molecule has 0 radical (unpaired) electrons. The summed E-state index contributed by atoms with van der Waals surface area (Å²) in [4.78, 5) is 10.4. The van der Waals surface area contributed by atoms with Crippen LogP contribution in [-0.2, 0) is 17.8 Å². The summed E-state index contributed by atoms with van der Waals surface area (Å²) in [6, 6.07) is 1.63. The first kappa shape index (κ1) is 9.70. The highest BCUT2D eigenvalue weighted by Gasteiger charge is 2.06. The van der Waals surface area contributed by atoms with Gasteiger partial charge in [-0.1, -0.05) is 0 Å². The van der Waals surface area contributed by atoms with E-state index in [1.165, 1.54) is 10.9 Å². The maximum absolute atomic E-state index is 11.8. The molecule has 4 nitrogen and oxygen atoms in total. The molecule has 13 heavy (non-hydrogen) atoms. The normalized spacial score (nSPS) is 10.2. The smallest absolute Gasteiger partial charge is 0.309 e. The standard InChI is InChI=1S/C8H11FN2O2/c9-3-1-5-11-7(2-4-10-11)6-8(12)13/h2,4H,1,3,5-6H2,(H,12,13). The summed E-state index contributed by atoms with van der Waals surface area (Å²) < 4.78 is 13.3. The van der Waals surface area contributed by atoms with Crippen LogP contribution < -0.4 is 0 Å². The number of carbonyl (C=O) groups is 1. The van der Waals surface area contributed by atoms with Gasteiger partial charge in [0.2, 0.25) is 0 Å². The van der Waals surface area contributed by atoms with E-state index in [0.717, 1.165) is 0 Å². The van der Waals surface area contributed by atoms with Gasteiger partial charge in [-0.3, -0.25) is 13.9 Å². The molecule has 72 valence electrons. The quantitative estimate of drug-likeness (QED) is 0.742. The van der Waals surface area contributed by atoms with Crippen LogP contribution in [-0.4, -0.2) is 27.5 Å². The molecule has 5 heteroatoms. The lowest BCUT2D eigenvalue weighted by Gasteiger charge is -2.03. The Morgan fingerprint density at radius 2 is 2.46 bits per heavy atom. The molecule has 0 atom stereocenters. The minimum Gasteiger partial charge on any atom is -0.481 e. The van der Waals surface area contributed by atoms with Crippen molar-refractivity contribution in [1.82, 2.24) is 9.78 Å². The zero-order valence-electron chi connectivity index (χ0n) is 7.11. The fourth-order valence-corrected chi connectivity index (χ4v) is 1.08. The van der Waals surface area contributed by atoms with Crippen LogP contribution in [0.2, 0.25) is 0 Å². The Bertz CT molecular complexity index is 285. The summed E-state index contributed by atoms with van der Waals surface area (Å²) in [5.74, 6) is -0.901. The summed E-state index contributed by atoms with van der Waals surface area (Å²) >= 11 is 0. The van der Waals surface area contributed by atoms with Crippen molar-refractivity contribution in [3.8, 4) is 0 Å². The van der Waals surface area contributed by atoms with Crippen LogP contribution in [0.25, 0.3) is 0 Å². The van der Waals surface area contributed by atoms with Crippen LogP contribution in [0.3, 0.4) is 0 Å². The van der Waals surface area contributed by atoms with Gasteiger partial charge in [-0.05, 0) is 12.5 Å². The third kappa shape index (κ3) is 2.85. The molecule has 0 fully saturated rings. The summed E-state index contributed by atoms with van der Waals surface area (Å²) in [6.45, 7) is 0.0263. The van der Waals surface area contributed by atoms with Crippen molar-refractivity contribution in [2.45, 2.75) is 19.4 Å². The van der Waals surface area contributed by atoms with Gasteiger partial charge in [-0.2, -0.15) is 5.10 Å². The molecule has 1 aromatic heterocycles. The molecule has 1 rings (SSSR count). The molecular weight excluding hydrogens is 175 g/mol. The van der Waals surface area contributed by atoms with Crippen molar-refractivity contribution in [1.29, 1.82) is 0 Å². The fraction of sp³-hybridized carbons (Fsp3) is 0.500. The molecule has 0 spiro atoms. The number of carboxylic acid groups (broad SMARTS) is 1. The lowest BCUT2D eigenvalue weighted by molar-refractivity contribution is -0.136. The SMILES string of the molecule is O=C(O)Cc1ccnn1CCCF. The van der Waals surface area contributed by atoms with Gasteiger partial charge < -0.3 is 5.11 Å². The monoisotopic (exact) mass is 186 g/mol. The summed E-state index contributed by atoms with van der Waals surface area (Å²) in [5.41, 5.74) is 0.612. The number of hydrogen-bond donors (Lipinski definition) is 1. The highest BCUT2D eigenvalue weighted by atomic mass is 19.1. The van der Waals surface area contributed by atoms with E-state index in [1.807, 2.05) is 0 Å². The van der Waals surface area contributed by atoms with Gasteiger partial charge in [0, 0.05) is 18.4 Å². The number of carboxylic acids is 1. The average molecular weight is 186 g/mol. The molecule has 1 heterocycles. The largest absolute Gasteiger partial charge is 0.481 e. The van der Waals surface area contributed by atoms with Crippen molar-refractivity contribution in [2.75, 3.05) is 6.67 Å². The molecule has 0 saturated heterocycles. The van der Waals surface area contributed by atoms with Crippen molar-refractivity contribution in [2.24, 2.45) is 0 Å². The highest BCUT2D eigenvalue weighted by molar-refractivity contribution is 5.69. The van der Waals surface area contributed by atoms with Gasteiger partial charge in [0.15, 0.2) is 0 Å². The van der Waals surface area contributed by atoms with Crippen molar-refractivity contribution < 1.29 is 14.3 Å². The highest BCUT2D eigenvalue weighted by Crippen LogP contribution is 2.01. The zero-order valence-corrected chi connectivity index (χ0v) is 7.11. The van der Waals surface area contributed by atoms with Gasteiger partial charge in [-0.15, -0.1) is 0 Å². The fourth-order valence-electron chi connectivity index (χ4n) is 1.08. The number of alkyl halides is 1. The van der Waals surface area contributed by atoms with Crippen LogP contribution in [0, 0.1) is 0 Å². The van der Waals surface area contributed by atoms with E-state index < -0.39 is 12.6 Å². The van der Waals surface area contributed by atoms with E-state index in [9.17, 15) is 9.18 Å². The van der Waals surface area contributed by atoms with Crippen molar-refractivity contribution in [3.05, 3.63) is 18.0 Å². The van der Waals surface area contributed by atoms with Gasteiger partial charge >= 0.3 is 5.97 Å². The molecule has 0 aromatic carbocycles. The van der Waals surface area contributed by atoms with Gasteiger partial charge in [0.25, 0.3) is 0 Å². The third-order valence-electron chi connectivity index (χ3n) is 1.64. The Morgan fingerprint density at radius 1 is 1.69 bits per heavy atom. The Kier molecular flexibility index (Phi) is 3.42. The second-order valence-corrected chi connectivity index (χ2v) is 2.66. The van der Waals surface area contributed by atoms with Gasteiger partial charge in [-0.25, -0.2) is 0 Å². The first-order chi connectivity index (χ1) is 6.24. The number of aryl methyl sites for hydroxylation is 1. The lowest BCUT2D eigenvalue weighted by atomic mass is 10.3. The minimum absolute atomic E-state index is 0.0632. The van der Waals surface area contributed by atoms with Crippen LogP contribution in [0.5, 0.6) is 0 Å². The summed E-state index contributed by atoms with van der Waals surface area (Å²) in [7, 11) is 0.